The van der Waals surface area contributed by atoms with E-state index in [9.17, 15) is 26.7 Å². The van der Waals surface area contributed by atoms with Gasteiger partial charge in [0.1, 0.15) is 0 Å². The van der Waals surface area contributed by atoms with Crippen molar-refractivity contribution in [2.75, 3.05) is 31.7 Å². The number of ether oxygens (including phenoxy) is 1. The van der Waals surface area contributed by atoms with Crippen LogP contribution in [0.5, 0.6) is 0 Å². The Hall–Kier alpha value is -1.32. The first-order chi connectivity index (χ1) is 9.72. The Balaban J connectivity index is 2.26. The number of rotatable bonds is 5. The molecule has 1 fully saturated rings. The number of hydrogen-bond acceptors (Lipinski definition) is 5. The number of nitrogens with one attached hydrogen (secondary N) is 1. The Morgan fingerprint density at radius 3 is 2.38 bits per heavy atom. The Labute approximate surface area is 119 Å². The molecule has 5 nitrogen and oxygen atoms in total. The van der Waals surface area contributed by atoms with Gasteiger partial charge in [0, 0.05) is 6.54 Å². The summed E-state index contributed by atoms with van der Waals surface area (Å²) in [6.07, 6.45) is 0. The first-order valence-electron chi connectivity index (χ1n) is 6.05. The molecule has 1 heterocycles. The number of alkyl halides is 3. The molecular formula is C12H14F3NO4S. The minimum Gasteiger partial charge on any atom is -0.396 e. The fraction of sp³-hybridized carbons (Fsp3) is 0.500. The molecule has 0 atom stereocenters. The van der Waals surface area contributed by atoms with Gasteiger partial charge < -0.3 is 15.2 Å². The van der Waals surface area contributed by atoms with Gasteiger partial charge in [-0.2, -0.15) is 13.2 Å². The van der Waals surface area contributed by atoms with Crippen LogP contribution in [0.3, 0.4) is 0 Å². The summed E-state index contributed by atoms with van der Waals surface area (Å²) in [6.45, 7) is 0.456. The van der Waals surface area contributed by atoms with Crippen LogP contribution < -0.4 is 5.32 Å². The summed E-state index contributed by atoms with van der Waals surface area (Å²) in [4.78, 5) is -0.828. The lowest BCUT2D eigenvalue weighted by atomic mass is 9.87. The summed E-state index contributed by atoms with van der Waals surface area (Å²) in [6, 6.07) is 4.80. The molecule has 0 aliphatic carbocycles. The highest BCUT2D eigenvalue weighted by molar-refractivity contribution is 7.92. The van der Waals surface area contributed by atoms with Crippen molar-refractivity contribution >= 4 is 15.5 Å². The molecule has 1 aliphatic heterocycles. The normalized spacial score (nSPS) is 18.1. The van der Waals surface area contributed by atoms with E-state index in [2.05, 4.69) is 5.32 Å². The van der Waals surface area contributed by atoms with Gasteiger partial charge in [0.25, 0.3) is 9.84 Å². The van der Waals surface area contributed by atoms with Gasteiger partial charge in [0.2, 0.25) is 0 Å². The summed E-state index contributed by atoms with van der Waals surface area (Å²) < 4.78 is 65.9. The van der Waals surface area contributed by atoms with Gasteiger partial charge in [-0.3, -0.25) is 0 Å². The SMILES string of the molecule is O=S(=O)(c1ccccc1NCC1(CO)COC1)C(F)(F)F. The maximum atomic E-state index is 12.6. The summed E-state index contributed by atoms with van der Waals surface area (Å²) in [5.74, 6) is 0. The van der Waals surface area contributed by atoms with Gasteiger partial charge in [0.15, 0.2) is 0 Å². The molecule has 0 radical (unpaired) electrons. The minimum absolute atomic E-state index is 0.119. The average molecular weight is 325 g/mol. The molecule has 0 aromatic heterocycles. The third-order valence-electron chi connectivity index (χ3n) is 3.29. The predicted molar refractivity (Wildman–Crippen MR) is 68.5 cm³/mol. The molecule has 1 saturated heterocycles. The lowest BCUT2D eigenvalue weighted by molar-refractivity contribution is -0.128. The molecule has 1 aromatic rings. The molecule has 0 bridgehead atoms. The van der Waals surface area contributed by atoms with Crippen molar-refractivity contribution < 1.29 is 31.4 Å². The summed E-state index contributed by atoms with van der Waals surface area (Å²) in [5.41, 5.74) is -6.09. The highest BCUT2D eigenvalue weighted by Crippen LogP contribution is 2.35. The monoisotopic (exact) mass is 325 g/mol. The van der Waals surface area contributed by atoms with Crippen molar-refractivity contribution in [3.63, 3.8) is 0 Å². The summed E-state index contributed by atoms with van der Waals surface area (Å²) in [7, 11) is -5.43. The van der Waals surface area contributed by atoms with E-state index in [0.29, 0.717) is 0 Å². The van der Waals surface area contributed by atoms with Gasteiger partial charge in [-0.15, -0.1) is 0 Å². The molecule has 118 valence electrons. The highest BCUT2D eigenvalue weighted by atomic mass is 32.2. The van der Waals surface area contributed by atoms with E-state index < -0.39 is 25.7 Å². The second kappa shape index (κ2) is 5.47. The third-order valence-corrected chi connectivity index (χ3v) is 4.83. The van der Waals surface area contributed by atoms with Crippen LogP contribution in [-0.4, -0.2) is 45.4 Å². The molecule has 1 aromatic carbocycles. The van der Waals surface area contributed by atoms with Crippen molar-refractivity contribution in [3.05, 3.63) is 24.3 Å². The number of aliphatic hydroxyl groups excluding tert-OH is 1. The van der Waals surface area contributed by atoms with Crippen LogP contribution in [0.4, 0.5) is 18.9 Å². The van der Waals surface area contributed by atoms with E-state index >= 15 is 0 Å². The maximum Gasteiger partial charge on any atom is 0.501 e. The van der Waals surface area contributed by atoms with Crippen molar-refractivity contribution in [1.82, 2.24) is 0 Å². The second-order valence-corrected chi connectivity index (χ2v) is 6.86. The predicted octanol–water partition coefficient (Wildman–Crippen LogP) is 1.40. The zero-order valence-corrected chi connectivity index (χ0v) is 11.7. The zero-order chi connectivity index (χ0) is 15.7. The van der Waals surface area contributed by atoms with Gasteiger partial charge in [-0.05, 0) is 12.1 Å². The number of para-hydroxylation sites is 1. The molecule has 0 saturated carbocycles. The smallest absolute Gasteiger partial charge is 0.396 e. The number of benzene rings is 1. The molecule has 2 rings (SSSR count). The van der Waals surface area contributed by atoms with Crippen molar-refractivity contribution in [3.8, 4) is 0 Å². The van der Waals surface area contributed by atoms with Crippen LogP contribution in [0.1, 0.15) is 0 Å². The Morgan fingerprint density at radius 2 is 1.90 bits per heavy atom. The lowest BCUT2D eigenvalue weighted by Gasteiger charge is -2.40. The van der Waals surface area contributed by atoms with Crippen LogP contribution in [0, 0.1) is 5.41 Å². The molecule has 0 unspecified atom stereocenters. The molecule has 0 spiro atoms. The van der Waals surface area contributed by atoms with E-state index in [1.807, 2.05) is 0 Å². The van der Waals surface area contributed by atoms with E-state index in [-0.39, 0.29) is 32.1 Å². The second-order valence-electron chi connectivity index (χ2n) is 4.95. The fourth-order valence-corrected chi connectivity index (χ4v) is 2.83. The third kappa shape index (κ3) is 2.99. The summed E-state index contributed by atoms with van der Waals surface area (Å²) >= 11 is 0. The molecule has 0 amide bonds. The average Bonchev–Trinajstić information content (AvgIpc) is 2.37. The number of halogens is 3. The topological polar surface area (TPSA) is 75.6 Å². The number of hydrogen-bond donors (Lipinski definition) is 2. The maximum absolute atomic E-state index is 12.6. The fourth-order valence-electron chi connectivity index (χ4n) is 1.89. The van der Waals surface area contributed by atoms with Gasteiger partial charge in [-0.25, -0.2) is 8.42 Å². The van der Waals surface area contributed by atoms with Crippen molar-refractivity contribution in [2.24, 2.45) is 5.41 Å². The molecule has 1 aliphatic rings. The highest BCUT2D eigenvalue weighted by Gasteiger charge is 2.48. The van der Waals surface area contributed by atoms with E-state index in [1.54, 1.807) is 0 Å². The quantitative estimate of drug-likeness (QED) is 0.856. The Morgan fingerprint density at radius 1 is 1.29 bits per heavy atom. The zero-order valence-electron chi connectivity index (χ0n) is 10.9. The van der Waals surface area contributed by atoms with Crippen LogP contribution in [0.25, 0.3) is 0 Å². The first kappa shape index (κ1) is 16.1. The lowest BCUT2D eigenvalue weighted by Crippen LogP contribution is -2.50. The molecule has 9 heteroatoms. The van der Waals surface area contributed by atoms with Gasteiger partial charge >= 0.3 is 5.51 Å². The van der Waals surface area contributed by atoms with Crippen LogP contribution in [0.15, 0.2) is 29.2 Å². The van der Waals surface area contributed by atoms with E-state index in [1.165, 1.54) is 18.2 Å². The van der Waals surface area contributed by atoms with Crippen LogP contribution in [0.2, 0.25) is 0 Å². The molecule has 2 N–H and O–H groups in total. The Kier molecular flexibility index (Phi) is 4.18. The Bertz CT molecular complexity index is 606. The first-order valence-corrected chi connectivity index (χ1v) is 7.53. The van der Waals surface area contributed by atoms with Crippen LogP contribution >= 0.6 is 0 Å². The van der Waals surface area contributed by atoms with Gasteiger partial charge in [-0.1, -0.05) is 12.1 Å². The van der Waals surface area contributed by atoms with Crippen molar-refractivity contribution in [1.29, 1.82) is 0 Å². The molecule has 21 heavy (non-hydrogen) atoms. The molecular weight excluding hydrogens is 311 g/mol. The minimum atomic E-state index is -5.43. The largest absolute Gasteiger partial charge is 0.501 e. The number of sulfone groups is 1. The van der Waals surface area contributed by atoms with E-state index in [0.717, 1.165) is 6.07 Å². The van der Waals surface area contributed by atoms with Crippen LogP contribution in [-0.2, 0) is 14.6 Å². The number of aliphatic hydroxyl groups is 1. The van der Waals surface area contributed by atoms with E-state index in [4.69, 9.17) is 4.74 Å². The number of anilines is 1. The standard InChI is InChI=1S/C12H14F3NO4S/c13-12(14,15)21(18,19)10-4-2-1-3-9(10)16-5-11(6-17)7-20-8-11/h1-4,16-17H,5-8H2. The van der Waals surface area contributed by atoms with Crippen molar-refractivity contribution in [2.45, 2.75) is 10.4 Å². The van der Waals surface area contributed by atoms with Gasteiger partial charge in [0.05, 0.1) is 35.8 Å². The summed E-state index contributed by atoms with van der Waals surface area (Å²) in [5, 5.41) is 11.9.